The quantitative estimate of drug-likeness (QED) is 0.522. The normalized spacial score (nSPS) is 11.1. The first kappa shape index (κ1) is 24.6. The van der Waals surface area contributed by atoms with Gasteiger partial charge in [0, 0.05) is 44.1 Å². The second-order valence-corrected chi connectivity index (χ2v) is 8.56. The number of nitrogens with zero attached hydrogens (tertiary/aromatic N) is 2. The summed E-state index contributed by atoms with van der Waals surface area (Å²) in [4.78, 5) is 29.5. The molecular weight excluding hydrogens is 444 g/mol. The summed E-state index contributed by atoms with van der Waals surface area (Å²) in [6.45, 7) is 4.74. The summed E-state index contributed by atoms with van der Waals surface area (Å²) in [5, 5.41) is 2.87. The van der Waals surface area contributed by atoms with Crippen LogP contribution in [0.1, 0.15) is 20.3 Å². The van der Waals surface area contributed by atoms with Crippen LogP contribution in [0, 0.1) is 0 Å². The fraction of sp³-hybridized carbons (Fsp3) is 0.350. The summed E-state index contributed by atoms with van der Waals surface area (Å²) in [5.74, 6) is -0.216. The van der Waals surface area contributed by atoms with Crippen LogP contribution in [0.3, 0.4) is 0 Å². The van der Waals surface area contributed by atoms with Gasteiger partial charge in [-0.25, -0.2) is 13.1 Å². The molecule has 0 fully saturated rings. The van der Waals surface area contributed by atoms with E-state index in [0.29, 0.717) is 24.5 Å². The molecule has 0 atom stereocenters. The van der Waals surface area contributed by atoms with Crippen molar-refractivity contribution in [2.75, 3.05) is 31.6 Å². The lowest BCUT2D eigenvalue weighted by molar-refractivity contribution is -0.133. The highest BCUT2D eigenvalue weighted by atomic mass is 35.5. The third-order valence-electron chi connectivity index (χ3n) is 4.27. The van der Waals surface area contributed by atoms with Crippen molar-refractivity contribution in [3.63, 3.8) is 0 Å². The molecule has 2 N–H and O–H groups in total. The maximum atomic E-state index is 12.1. The number of nitrogens with one attached hydrogen (secondary N) is 2. The minimum Gasteiger partial charge on any atom is -0.482 e. The van der Waals surface area contributed by atoms with Crippen LogP contribution in [0.4, 0.5) is 5.69 Å². The molecule has 11 heteroatoms. The number of benzene rings is 1. The van der Waals surface area contributed by atoms with Gasteiger partial charge in [0.25, 0.3) is 5.91 Å². The van der Waals surface area contributed by atoms with Gasteiger partial charge in [-0.15, -0.1) is 0 Å². The van der Waals surface area contributed by atoms with Crippen molar-refractivity contribution in [2.24, 2.45) is 0 Å². The fourth-order valence-electron chi connectivity index (χ4n) is 2.61. The Kier molecular flexibility index (Phi) is 9.22. The second kappa shape index (κ2) is 11.6. The third kappa shape index (κ3) is 7.50. The van der Waals surface area contributed by atoms with Crippen LogP contribution >= 0.6 is 11.6 Å². The number of rotatable bonds is 11. The summed E-state index contributed by atoms with van der Waals surface area (Å²) < 4.78 is 32.0. The number of sulfonamides is 1. The van der Waals surface area contributed by atoms with Gasteiger partial charge in [-0.2, -0.15) is 0 Å². The molecule has 2 amide bonds. The molecule has 0 radical (unpaired) electrons. The van der Waals surface area contributed by atoms with Gasteiger partial charge in [0.1, 0.15) is 10.6 Å². The number of ether oxygens (including phenoxy) is 1. The summed E-state index contributed by atoms with van der Waals surface area (Å²) >= 11 is 6.18. The largest absolute Gasteiger partial charge is 0.482 e. The van der Waals surface area contributed by atoms with Crippen LogP contribution in [0.25, 0.3) is 0 Å². The maximum absolute atomic E-state index is 12.1. The molecular formula is C20H25ClN4O5S. The van der Waals surface area contributed by atoms with Crippen molar-refractivity contribution >= 4 is 39.1 Å². The molecule has 9 nitrogen and oxygen atoms in total. The Labute approximate surface area is 186 Å². The molecule has 0 aliphatic carbocycles. The summed E-state index contributed by atoms with van der Waals surface area (Å²) in [6, 6.07) is 7.56. The number of anilines is 1. The molecule has 31 heavy (non-hydrogen) atoms. The molecule has 1 heterocycles. The predicted molar refractivity (Wildman–Crippen MR) is 118 cm³/mol. The second-order valence-electron chi connectivity index (χ2n) is 6.38. The van der Waals surface area contributed by atoms with E-state index in [4.69, 9.17) is 16.3 Å². The number of likely N-dealkylation sites (N-methyl/N-ethyl adjacent to an activating group) is 1. The minimum absolute atomic E-state index is 0.0252. The zero-order chi connectivity index (χ0) is 22.9. The zero-order valence-corrected chi connectivity index (χ0v) is 18.9. The van der Waals surface area contributed by atoms with Crippen LogP contribution < -0.4 is 14.8 Å². The molecule has 0 saturated carbocycles. The Morgan fingerprint density at radius 1 is 1.19 bits per heavy atom. The standard InChI is InChI=1S/C20H25ClN4O5S/c1-3-25(4-2)20(27)14-30-18-8-7-15(12-17(18)21)24-19(26)9-11-23-31(28,29)16-6-5-10-22-13-16/h5-8,10,12-13,23H,3-4,9,11,14H2,1-2H3,(H,24,26). The van der Waals surface area contributed by atoms with Gasteiger partial charge in [0.05, 0.1) is 5.02 Å². The number of carbonyl (C=O) groups is 2. The number of hydrogen-bond acceptors (Lipinski definition) is 6. The van der Waals surface area contributed by atoms with E-state index in [1.54, 1.807) is 17.0 Å². The van der Waals surface area contributed by atoms with Gasteiger partial charge in [-0.3, -0.25) is 14.6 Å². The smallest absolute Gasteiger partial charge is 0.260 e. The number of halogens is 1. The van der Waals surface area contributed by atoms with E-state index in [1.807, 2.05) is 13.8 Å². The first-order valence-electron chi connectivity index (χ1n) is 9.66. The number of hydrogen-bond donors (Lipinski definition) is 2. The molecule has 0 bridgehead atoms. The molecule has 0 saturated heterocycles. The van der Waals surface area contributed by atoms with Gasteiger partial charge >= 0.3 is 0 Å². The number of carbonyl (C=O) groups excluding carboxylic acids is 2. The molecule has 0 unspecified atom stereocenters. The average Bonchev–Trinajstić information content (AvgIpc) is 2.74. The van der Waals surface area contributed by atoms with E-state index in [-0.39, 0.29) is 35.4 Å². The molecule has 2 aromatic rings. The van der Waals surface area contributed by atoms with Crippen LogP contribution in [-0.4, -0.2) is 56.4 Å². The molecule has 0 aliphatic rings. The predicted octanol–water partition coefficient (Wildman–Crippen LogP) is 2.29. The van der Waals surface area contributed by atoms with Gasteiger partial charge in [0.15, 0.2) is 6.61 Å². The van der Waals surface area contributed by atoms with E-state index in [2.05, 4.69) is 15.0 Å². The van der Waals surface area contributed by atoms with Crippen molar-refractivity contribution in [1.82, 2.24) is 14.6 Å². The molecule has 2 rings (SSSR count). The van der Waals surface area contributed by atoms with Crippen molar-refractivity contribution < 1.29 is 22.7 Å². The highest BCUT2D eigenvalue weighted by Gasteiger charge is 2.15. The molecule has 0 aliphatic heterocycles. The van der Waals surface area contributed by atoms with Crippen LogP contribution in [0.5, 0.6) is 5.75 Å². The first-order valence-corrected chi connectivity index (χ1v) is 11.5. The summed E-state index contributed by atoms with van der Waals surface area (Å²) in [6.07, 6.45) is 2.62. The van der Waals surface area contributed by atoms with Crippen molar-refractivity contribution in [3.05, 3.63) is 47.7 Å². The van der Waals surface area contributed by atoms with E-state index in [0.717, 1.165) is 0 Å². The molecule has 1 aromatic carbocycles. The Balaban J connectivity index is 1.84. The SMILES string of the molecule is CCN(CC)C(=O)COc1ccc(NC(=O)CCNS(=O)(=O)c2cccnc2)cc1Cl. The Morgan fingerprint density at radius 2 is 1.94 bits per heavy atom. The van der Waals surface area contributed by atoms with E-state index < -0.39 is 15.9 Å². The maximum Gasteiger partial charge on any atom is 0.260 e. The third-order valence-corrected chi connectivity index (χ3v) is 6.01. The average molecular weight is 469 g/mol. The number of amides is 2. The van der Waals surface area contributed by atoms with Gasteiger partial charge in [0.2, 0.25) is 15.9 Å². The first-order chi connectivity index (χ1) is 14.8. The minimum atomic E-state index is -3.73. The highest BCUT2D eigenvalue weighted by molar-refractivity contribution is 7.89. The topological polar surface area (TPSA) is 118 Å². The van der Waals surface area contributed by atoms with E-state index in [1.165, 1.54) is 30.6 Å². The lowest BCUT2D eigenvalue weighted by atomic mass is 10.3. The fourth-order valence-corrected chi connectivity index (χ4v) is 3.84. The van der Waals surface area contributed by atoms with Gasteiger partial charge in [-0.1, -0.05) is 11.6 Å². The zero-order valence-electron chi connectivity index (χ0n) is 17.3. The highest BCUT2D eigenvalue weighted by Crippen LogP contribution is 2.27. The Hall–Kier alpha value is -2.69. The lowest BCUT2D eigenvalue weighted by Gasteiger charge is -2.19. The van der Waals surface area contributed by atoms with Crippen LogP contribution in [0.15, 0.2) is 47.6 Å². The summed E-state index contributed by atoms with van der Waals surface area (Å²) in [7, 11) is -3.73. The molecule has 1 aromatic heterocycles. The van der Waals surface area contributed by atoms with E-state index >= 15 is 0 Å². The Morgan fingerprint density at radius 3 is 2.55 bits per heavy atom. The molecule has 168 valence electrons. The van der Waals surface area contributed by atoms with Crippen molar-refractivity contribution in [2.45, 2.75) is 25.2 Å². The van der Waals surface area contributed by atoms with E-state index in [9.17, 15) is 18.0 Å². The molecule has 0 spiro atoms. The monoisotopic (exact) mass is 468 g/mol. The van der Waals surface area contributed by atoms with Gasteiger partial charge < -0.3 is 15.0 Å². The van der Waals surface area contributed by atoms with Crippen LogP contribution in [-0.2, 0) is 19.6 Å². The Bertz CT molecular complexity index is 998. The number of aromatic nitrogens is 1. The van der Waals surface area contributed by atoms with Crippen molar-refractivity contribution in [1.29, 1.82) is 0 Å². The van der Waals surface area contributed by atoms with Gasteiger partial charge in [-0.05, 0) is 44.2 Å². The van der Waals surface area contributed by atoms with Crippen LogP contribution in [0.2, 0.25) is 5.02 Å². The van der Waals surface area contributed by atoms with Crippen molar-refractivity contribution in [3.8, 4) is 5.75 Å². The summed E-state index contributed by atoms with van der Waals surface area (Å²) in [5.41, 5.74) is 0.424. The number of pyridine rings is 1. The lowest BCUT2D eigenvalue weighted by Crippen LogP contribution is -2.34.